The predicted octanol–water partition coefficient (Wildman–Crippen LogP) is 3.90. The molecule has 0 aliphatic carbocycles. The Labute approximate surface area is 199 Å². The number of amides is 2. The van der Waals surface area contributed by atoms with Crippen molar-refractivity contribution in [2.75, 3.05) is 13.1 Å². The van der Waals surface area contributed by atoms with Crippen LogP contribution in [0.15, 0.2) is 30.3 Å². The molecule has 5 rings (SSSR count). The Hall–Kier alpha value is -2.38. The number of hydrogen-bond donors (Lipinski definition) is 1. The van der Waals surface area contributed by atoms with Crippen LogP contribution in [0.1, 0.15) is 68.4 Å². The average Bonchev–Trinajstić information content (AvgIpc) is 3.35. The van der Waals surface area contributed by atoms with Gasteiger partial charge in [-0.3, -0.25) is 14.3 Å². The summed E-state index contributed by atoms with van der Waals surface area (Å²) in [5.74, 6) is -0.143. The standard InChI is InChI=1S/C25H31ClN4O3/c1-2-3-4-20-14-28(15-24(32)29-18-9-10-19(29)12-21(31)11-18)25(33)23-13-22(27-30(20)23)16-5-7-17(26)8-6-16/h5-8,13,18-21,31H,2-4,9-12,14-15H2,1H3/t18-,19+,20?,21?. The Morgan fingerprint density at radius 1 is 1.18 bits per heavy atom. The lowest BCUT2D eigenvalue weighted by Crippen LogP contribution is -2.53. The summed E-state index contributed by atoms with van der Waals surface area (Å²) < 4.78 is 1.86. The van der Waals surface area contributed by atoms with Gasteiger partial charge in [0.05, 0.1) is 17.8 Å². The molecule has 1 aromatic heterocycles. The largest absolute Gasteiger partial charge is 0.393 e. The number of rotatable bonds is 6. The van der Waals surface area contributed by atoms with Crippen molar-refractivity contribution in [3.8, 4) is 11.3 Å². The van der Waals surface area contributed by atoms with Crippen LogP contribution in [0.2, 0.25) is 5.02 Å². The number of nitrogens with zero attached hydrogens (tertiary/aromatic N) is 4. The first-order valence-electron chi connectivity index (χ1n) is 12.1. The van der Waals surface area contributed by atoms with Crippen LogP contribution in [0, 0.1) is 0 Å². The van der Waals surface area contributed by atoms with Crippen molar-refractivity contribution in [3.05, 3.63) is 41.0 Å². The predicted molar refractivity (Wildman–Crippen MR) is 126 cm³/mol. The second-order valence-corrected chi connectivity index (χ2v) is 10.1. The van der Waals surface area contributed by atoms with Crippen molar-refractivity contribution >= 4 is 23.4 Å². The number of aromatic nitrogens is 2. The van der Waals surface area contributed by atoms with Gasteiger partial charge in [0, 0.05) is 29.2 Å². The quantitative estimate of drug-likeness (QED) is 0.694. The maximum Gasteiger partial charge on any atom is 0.272 e. The van der Waals surface area contributed by atoms with Crippen molar-refractivity contribution in [2.24, 2.45) is 0 Å². The van der Waals surface area contributed by atoms with Crippen molar-refractivity contribution in [1.82, 2.24) is 19.6 Å². The molecule has 2 fully saturated rings. The second kappa shape index (κ2) is 9.11. The molecule has 2 saturated heterocycles. The van der Waals surface area contributed by atoms with Crippen LogP contribution in [0.3, 0.4) is 0 Å². The van der Waals surface area contributed by atoms with Crippen LogP contribution < -0.4 is 0 Å². The molecule has 176 valence electrons. The Kier molecular flexibility index (Phi) is 6.18. The lowest BCUT2D eigenvalue weighted by molar-refractivity contribution is -0.138. The second-order valence-electron chi connectivity index (χ2n) is 9.66. The molecular formula is C25H31ClN4O3. The highest BCUT2D eigenvalue weighted by Crippen LogP contribution is 2.36. The minimum atomic E-state index is -0.317. The molecule has 2 bridgehead atoms. The molecule has 1 aromatic carbocycles. The topological polar surface area (TPSA) is 78.7 Å². The van der Waals surface area contributed by atoms with E-state index in [1.807, 2.05) is 39.9 Å². The molecule has 8 heteroatoms. The molecule has 33 heavy (non-hydrogen) atoms. The minimum absolute atomic E-state index is 0.00267. The molecule has 4 atom stereocenters. The van der Waals surface area contributed by atoms with Gasteiger partial charge in [0.1, 0.15) is 12.2 Å². The lowest BCUT2D eigenvalue weighted by atomic mass is 9.99. The molecule has 2 amide bonds. The van der Waals surface area contributed by atoms with Gasteiger partial charge in [-0.15, -0.1) is 0 Å². The average molecular weight is 471 g/mol. The zero-order valence-corrected chi connectivity index (χ0v) is 19.7. The first kappa shape index (κ1) is 22.4. The van der Waals surface area contributed by atoms with Crippen LogP contribution in [-0.2, 0) is 4.79 Å². The third-order valence-electron chi connectivity index (χ3n) is 7.37. The number of aliphatic hydroxyl groups excluding tert-OH is 1. The smallest absolute Gasteiger partial charge is 0.272 e. The number of halogens is 1. The first-order valence-corrected chi connectivity index (χ1v) is 12.5. The molecule has 2 unspecified atom stereocenters. The highest BCUT2D eigenvalue weighted by Gasteiger charge is 2.44. The molecule has 2 aromatic rings. The van der Waals surface area contributed by atoms with E-state index in [0.29, 0.717) is 30.1 Å². The summed E-state index contributed by atoms with van der Waals surface area (Å²) in [5.41, 5.74) is 2.19. The number of benzene rings is 1. The maximum absolute atomic E-state index is 13.4. The van der Waals surface area contributed by atoms with Gasteiger partial charge < -0.3 is 14.9 Å². The number of carbonyl (C=O) groups is 2. The van der Waals surface area contributed by atoms with Crippen molar-refractivity contribution < 1.29 is 14.7 Å². The Balaban J connectivity index is 1.39. The van der Waals surface area contributed by atoms with Gasteiger partial charge in [-0.1, -0.05) is 43.5 Å². The van der Waals surface area contributed by atoms with Crippen LogP contribution in [-0.4, -0.2) is 67.8 Å². The van der Waals surface area contributed by atoms with Crippen molar-refractivity contribution in [3.63, 3.8) is 0 Å². The van der Waals surface area contributed by atoms with E-state index in [1.54, 1.807) is 4.90 Å². The van der Waals surface area contributed by atoms with Crippen LogP contribution in [0.4, 0.5) is 0 Å². The van der Waals surface area contributed by atoms with E-state index in [2.05, 4.69) is 6.92 Å². The normalized spacial score (nSPS) is 26.6. The summed E-state index contributed by atoms with van der Waals surface area (Å²) in [6, 6.07) is 9.54. The van der Waals surface area contributed by atoms with Crippen LogP contribution >= 0.6 is 11.6 Å². The van der Waals surface area contributed by atoms with E-state index in [0.717, 1.165) is 43.4 Å². The van der Waals surface area contributed by atoms with Gasteiger partial charge in [-0.25, -0.2) is 0 Å². The molecule has 3 aliphatic heterocycles. The fraction of sp³-hybridized carbons (Fsp3) is 0.560. The minimum Gasteiger partial charge on any atom is -0.393 e. The van der Waals surface area contributed by atoms with Crippen molar-refractivity contribution in [1.29, 1.82) is 0 Å². The molecule has 0 saturated carbocycles. The third-order valence-corrected chi connectivity index (χ3v) is 7.62. The Bertz CT molecular complexity index is 1020. The van der Waals surface area contributed by atoms with Crippen LogP contribution in [0.5, 0.6) is 0 Å². The van der Waals surface area contributed by atoms with Gasteiger partial charge in [-0.05, 0) is 50.3 Å². The molecular weight excluding hydrogens is 440 g/mol. The van der Waals surface area contributed by atoms with E-state index in [-0.39, 0.29) is 42.6 Å². The summed E-state index contributed by atoms with van der Waals surface area (Å²) >= 11 is 6.03. The van der Waals surface area contributed by atoms with Crippen molar-refractivity contribution in [2.45, 2.75) is 76.1 Å². The SMILES string of the molecule is CCCCC1CN(CC(=O)N2[C@@H]3CC[C@H]2CC(O)C3)C(=O)c2cc(-c3ccc(Cl)cc3)nn21. The third kappa shape index (κ3) is 4.28. The molecule has 0 radical (unpaired) electrons. The van der Waals surface area contributed by atoms with Crippen LogP contribution in [0.25, 0.3) is 11.3 Å². The van der Waals surface area contributed by atoms with E-state index in [1.165, 1.54) is 0 Å². The van der Waals surface area contributed by atoms with Gasteiger partial charge in [0.15, 0.2) is 0 Å². The Morgan fingerprint density at radius 3 is 2.55 bits per heavy atom. The van der Waals surface area contributed by atoms with E-state index >= 15 is 0 Å². The summed E-state index contributed by atoms with van der Waals surface area (Å²) in [6.45, 7) is 2.73. The van der Waals surface area contributed by atoms with E-state index in [4.69, 9.17) is 16.7 Å². The summed E-state index contributed by atoms with van der Waals surface area (Å²) in [5, 5.41) is 15.5. The van der Waals surface area contributed by atoms with Gasteiger partial charge in [0.2, 0.25) is 5.91 Å². The molecule has 1 N–H and O–H groups in total. The summed E-state index contributed by atoms with van der Waals surface area (Å²) in [4.78, 5) is 30.4. The molecule has 0 spiro atoms. The number of unbranched alkanes of at least 4 members (excludes halogenated alkanes) is 1. The maximum atomic E-state index is 13.4. The Morgan fingerprint density at radius 2 is 1.88 bits per heavy atom. The highest BCUT2D eigenvalue weighted by molar-refractivity contribution is 6.30. The number of piperidine rings is 1. The fourth-order valence-corrected chi connectivity index (χ4v) is 5.89. The summed E-state index contributed by atoms with van der Waals surface area (Å²) in [7, 11) is 0. The molecule has 4 heterocycles. The highest BCUT2D eigenvalue weighted by atomic mass is 35.5. The number of hydrogen-bond acceptors (Lipinski definition) is 4. The number of aliphatic hydroxyl groups is 1. The molecule has 7 nitrogen and oxygen atoms in total. The monoisotopic (exact) mass is 470 g/mol. The van der Waals surface area contributed by atoms with E-state index < -0.39 is 0 Å². The number of carbonyl (C=O) groups excluding carboxylic acids is 2. The zero-order valence-electron chi connectivity index (χ0n) is 19.0. The van der Waals surface area contributed by atoms with E-state index in [9.17, 15) is 14.7 Å². The van der Waals surface area contributed by atoms with Gasteiger partial charge >= 0.3 is 0 Å². The first-order chi connectivity index (χ1) is 15.9. The lowest BCUT2D eigenvalue weighted by Gasteiger charge is -2.39. The zero-order chi connectivity index (χ0) is 23.1. The fourth-order valence-electron chi connectivity index (χ4n) is 5.76. The van der Waals surface area contributed by atoms with Gasteiger partial charge in [0.25, 0.3) is 5.91 Å². The molecule has 3 aliphatic rings. The number of fused-ring (bicyclic) bond motifs is 3. The van der Waals surface area contributed by atoms with Gasteiger partial charge in [-0.2, -0.15) is 5.10 Å². The summed E-state index contributed by atoms with van der Waals surface area (Å²) in [6.07, 6.45) is 5.86.